The van der Waals surface area contributed by atoms with Crippen molar-refractivity contribution in [3.8, 4) is 0 Å². The van der Waals surface area contributed by atoms with E-state index in [0.717, 1.165) is 9.91 Å². The van der Waals surface area contributed by atoms with Crippen LogP contribution >= 0.6 is 0 Å². The summed E-state index contributed by atoms with van der Waals surface area (Å²) in [5.74, 6) is -0.918. The molecule has 0 bridgehead atoms. The zero-order valence-electron chi connectivity index (χ0n) is 12.3. The Morgan fingerprint density at radius 2 is 2.00 bits per heavy atom. The fourth-order valence-corrected chi connectivity index (χ4v) is 2.24. The molecular weight excluding hydrogens is 288 g/mol. The molecule has 8 nitrogen and oxygen atoms in total. The van der Waals surface area contributed by atoms with Crippen molar-refractivity contribution in [2.45, 2.75) is 19.3 Å². The lowest BCUT2D eigenvalue weighted by atomic mass is 9.97. The van der Waals surface area contributed by atoms with E-state index < -0.39 is 11.9 Å². The molecule has 0 saturated carbocycles. The van der Waals surface area contributed by atoms with E-state index in [9.17, 15) is 19.3 Å². The van der Waals surface area contributed by atoms with Crippen molar-refractivity contribution >= 4 is 23.5 Å². The number of nitrogens with one attached hydrogen (secondary N) is 1. The van der Waals surface area contributed by atoms with E-state index >= 15 is 0 Å². The van der Waals surface area contributed by atoms with Gasteiger partial charge in [0.05, 0.1) is 11.2 Å². The largest absolute Gasteiger partial charge is 0.344 e. The van der Waals surface area contributed by atoms with Crippen molar-refractivity contribution in [2.24, 2.45) is 5.29 Å². The molecule has 1 aliphatic heterocycles. The second-order valence-electron chi connectivity index (χ2n) is 4.90. The number of imide groups is 1. The zero-order chi connectivity index (χ0) is 16.3. The van der Waals surface area contributed by atoms with Crippen molar-refractivity contribution in [1.29, 1.82) is 0 Å². The number of rotatable bonds is 4. The van der Waals surface area contributed by atoms with Crippen LogP contribution in [-0.2, 0) is 9.59 Å². The number of amides is 4. The highest BCUT2D eigenvalue weighted by atomic mass is 16.3. The summed E-state index contributed by atoms with van der Waals surface area (Å²) in [7, 11) is 1.46. The summed E-state index contributed by atoms with van der Waals surface area (Å²) >= 11 is 0. The molecule has 4 amide bonds. The first-order valence-electron chi connectivity index (χ1n) is 6.80. The lowest BCUT2D eigenvalue weighted by Gasteiger charge is -2.13. The number of benzene rings is 1. The minimum absolute atomic E-state index is 0.152. The molecule has 1 N–H and O–H groups in total. The normalized spacial score (nSPS) is 17.5. The molecule has 1 aliphatic rings. The maximum atomic E-state index is 11.9. The number of likely N-dealkylation sites (N-methyl/N-ethyl adjacent to an activating group) is 1. The summed E-state index contributed by atoms with van der Waals surface area (Å²) in [6.45, 7) is 1.79. The highest BCUT2D eigenvalue weighted by Gasteiger charge is 2.36. The molecule has 1 fully saturated rings. The van der Waals surface area contributed by atoms with Gasteiger partial charge in [0.1, 0.15) is 0 Å². The number of carbonyl (C=O) groups is 3. The van der Waals surface area contributed by atoms with Crippen LogP contribution in [0, 0.1) is 4.91 Å². The number of urea groups is 1. The molecule has 1 atom stereocenters. The number of likely N-dealkylation sites (tertiary alicyclic amines) is 1. The van der Waals surface area contributed by atoms with E-state index in [0.29, 0.717) is 11.3 Å². The van der Waals surface area contributed by atoms with E-state index in [2.05, 4.69) is 10.6 Å². The van der Waals surface area contributed by atoms with Crippen LogP contribution in [0.2, 0.25) is 0 Å². The summed E-state index contributed by atoms with van der Waals surface area (Å²) in [6.07, 6.45) is 0.152. The second kappa shape index (κ2) is 6.33. The van der Waals surface area contributed by atoms with Crippen molar-refractivity contribution in [1.82, 2.24) is 9.91 Å². The Kier molecular flexibility index (Phi) is 4.50. The van der Waals surface area contributed by atoms with Crippen LogP contribution < -0.4 is 5.32 Å². The molecule has 0 aliphatic carbocycles. The minimum atomic E-state index is -0.628. The Balaban J connectivity index is 2.08. The smallest absolute Gasteiger partial charge is 0.306 e. The number of nitroso groups, excluding NO2 is 1. The lowest BCUT2D eigenvalue weighted by Crippen LogP contribution is -2.29. The van der Waals surface area contributed by atoms with Gasteiger partial charge in [-0.25, -0.2) is 4.79 Å². The molecule has 1 unspecified atom stereocenters. The fourth-order valence-electron chi connectivity index (χ4n) is 2.24. The third-order valence-corrected chi connectivity index (χ3v) is 3.58. The van der Waals surface area contributed by atoms with Gasteiger partial charge in [-0.3, -0.25) is 14.5 Å². The van der Waals surface area contributed by atoms with Gasteiger partial charge in [0, 0.05) is 25.7 Å². The number of hydrogen-bond donors (Lipinski definition) is 1. The summed E-state index contributed by atoms with van der Waals surface area (Å²) < 4.78 is 0. The van der Waals surface area contributed by atoms with E-state index in [1.807, 2.05) is 0 Å². The highest BCUT2D eigenvalue weighted by Crippen LogP contribution is 2.29. The fraction of sp³-hybridized carbons (Fsp3) is 0.357. The Hall–Kier alpha value is -2.77. The van der Waals surface area contributed by atoms with Crippen LogP contribution in [0.4, 0.5) is 10.5 Å². The molecule has 0 spiro atoms. The molecule has 1 aromatic carbocycles. The summed E-state index contributed by atoms with van der Waals surface area (Å²) in [5.41, 5.74) is 1.18. The maximum Gasteiger partial charge on any atom is 0.344 e. The molecular formula is C14H16N4O4. The van der Waals surface area contributed by atoms with E-state index in [1.165, 1.54) is 7.05 Å². The summed E-state index contributed by atoms with van der Waals surface area (Å²) in [6, 6.07) is 5.95. The number of anilines is 1. The molecule has 1 aromatic rings. The van der Waals surface area contributed by atoms with E-state index in [-0.39, 0.29) is 24.8 Å². The van der Waals surface area contributed by atoms with Crippen molar-refractivity contribution in [2.75, 3.05) is 18.9 Å². The quantitative estimate of drug-likeness (QED) is 0.520. The highest BCUT2D eigenvalue weighted by molar-refractivity contribution is 6.05. The lowest BCUT2D eigenvalue weighted by molar-refractivity contribution is -0.137. The Morgan fingerprint density at radius 1 is 1.36 bits per heavy atom. The molecule has 116 valence electrons. The van der Waals surface area contributed by atoms with Gasteiger partial charge in [-0.1, -0.05) is 12.1 Å². The Morgan fingerprint density at radius 3 is 2.45 bits per heavy atom. The van der Waals surface area contributed by atoms with Crippen LogP contribution in [0.25, 0.3) is 0 Å². The van der Waals surface area contributed by atoms with Gasteiger partial charge in [0.15, 0.2) is 0 Å². The predicted octanol–water partition coefficient (Wildman–Crippen LogP) is 1.69. The molecule has 8 heteroatoms. The van der Waals surface area contributed by atoms with Gasteiger partial charge < -0.3 is 5.32 Å². The molecule has 22 heavy (non-hydrogen) atoms. The Labute approximate surface area is 127 Å². The number of carbonyl (C=O) groups excluding carboxylic acids is 3. The Bertz CT molecular complexity index is 614. The van der Waals surface area contributed by atoms with Gasteiger partial charge in [0.2, 0.25) is 11.8 Å². The number of hydrogen-bond acceptors (Lipinski definition) is 5. The summed E-state index contributed by atoms with van der Waals surface area (Å²) in [5, 5.41) is 5.87. The standard InChI is InChI=1S/C14H16N4O4/c1-3-18(16-22)14(21)15-10-6-4-9(5-7-10)11-8-12(19)17(2)13(11)20/h4-7,11H,3,8H2,1-2H3,(H,15,21). The SMILES string of the molecule is CCN(N=O)C(=O)Nc1ccc(C2CC(=O)N(C)C2=O)cc1. The van der Waals surface area contributed by atoms with Crippen molar-refractivity contribution < 1.29 is 14.4 Å². The molecule has 2 rings (SSSR count). The average molecular weight is 304 g/mol. The third-order valence-electron chi connectivity index (χ3n) is 3.58. The first-order valence-corrected chi connectivity index (χ1v) is 6.80. The first kappa shape index (κ1) is 15.6. The average Bonchev–Trinajstić information content (AvgIpc) is 2.77. The summed E-state index contributed by atoms with van der Waals surface area (Å²) in [4.78, 5) is 46.7. The first-order chi connectivity index (χ1) is 10.5. The van der Waals surface area contributed by atoms with Gasteiger partial charge in [-0.05, 0) is 24.6 Å². The van der Waals surface area contributed by atoms with Crippen molar-refractivity contribution in [3.05, 3.63) is 34.7 Å². The van der Waals surface area contributed by atoms with Gasteiger partial charge in [-0.2, -0.15) is 5.01 Å². The maximum absolute atomic E-state index is 11.9. The third kappa shape index (κ3) is 2.95. The van der Waals surface area contributed by atoms with Gasteiger partial charge >= 0.3 is 6.03 Å². The minimum Gasteiger partial charge on any atom is -0.306 e. The molecule has 0 aromatic heterocycles. The van der Waals surface area contributed by atoms with Crippen LogP contribution in [0.5, 0.6) is 0 Å². The van der Waals surface area contributed by atoms with Crippen molar-refractivity contribution in [3.63, 3.8) is 0 Å². The molecule has 0 radical (unpaired) electrons. The van der Waals surface area contributed by atoms with E-state index in [1.54, 1.807) is 31.2 Å². The zero-order valence-corrected chi connectivity index (χ0v) is 12.3. The topological polar surface area (TPSA) is 99.2 Å². The molecule has 1 saturated heterocycles. The van der Waals surface area contributed by atoms with Crippen LogP contribution in [-0.4, -0.2) is 41.3 Å². The van der Waals surface area contributed by atoms with Crippen LogP contribution in [0.1, 0.15) is 24.8 Å². The predicted molar refractivity (Wildman–Crippen MR) is 78.8 cm³/mol. The molecule has 1 heterocycles. The van der Waals surface area contributed by atoms with E-state index in [4.69, 9.17) is 0 Å². The monoisotopic (exact) mass is 304 g/mol. The van der Waals surface area contributed by atoms with Gasteiger partial charge in [-0.15, -0.1) is 4.91 Å². The van der Waals surface area contributed by atoms with Crippen LogP contribution in [0.3, 0.4) is 0 Å². The van der Waals surface area contributed by atoms with Crippen LogP contribution in [0.15, 0.2) is 29.6 Å². The van der Waals surface area contributed by atoms with Gasteiger partial charge in [0.25, 0.3) is 0 Å². The second-order valence-corrected chi connectivity index (χ2v) is 4.90. The number of nitrogens with zero attached hydrogens (tertiary/aromatic N) is 3.